The second-order valence-electron chi connectivity index (χ2n) is 5.33. The molecule has 1 aromatic heterocycles. The van der Waals surface area contributed by atoms with Crippen LogP contribution in [0.25, 0.3) is 0 Å². The Labute approximate surface area is 122 Å². The van der Waals surface area contributed by atoms with Crippen molar-refractivity contribution in [2.45, 2.75) is 52.7 Å². The molecular formula is C16H28N2O2. The fourth-order valence-electron chi connectivity index (χ4n) is 2.32. The largest absolute Gasteiger partial charge is 0.492 e. The van der Waals surface area contributed by atoms with E-state index in [1.165, 1.54) is 0 Å². The standard InChI is InChI=1S/C16H28N2O2/c1-6-9-19-14-10-13(11-17-12-14)15(18-7-2)16(4,5)20-8-3/h10-12,15,18H,6-9H2,1-5H3. The molecule has 1 heterocycles. The molecular weight excluding hydrogens is 252 g/mol. The average Bonchev–Trinajstić information content (AvgIpc) is 2.42. The first-order chi connectivity index (χ1) is 9.55. The number of hydrogen-bond acceptors (Lipinski definition) is 4. The predicted molar refractivity (Wildman–Crippen MR) is 82.1 cm³/mol. The summed E-state index contributed by atoms with van der Waals surface area (Å²) in [5.41, 5.74) is 0.800. The number of hydrogen-bond donors (Lipinski definition) is 1. The summed E-state index contributed by atoms with van der Waals surface area (Å²) in [4.78, 5) is 4.29. The number of nitrogens with zero attached hydrogens (tertiary/aromatic N) is 1. The molecule has 114 valence electrons. The van der Waals surface area contributed by atoms with Gasteiger partial charge in [-0.15, -0.1) is 0 Å². The van der Waals surface area contributed by atoms with Gasteiger partial charge in [0.1, 0.15) is 5.75 Å². The molecule has 1 N–H and O–H groups in total. The number of rotatable bonds is 9. The van der Waals surface area contributed by atoms with E-state index in [2.05, 4.69) is 44.1 Å². The van der Waals surface area contributed by atoms with Crippen LogP contribution in [0.2, 0.25) is 0 Å². The van der Waals surface area contributed by atoms with Crippen LogP contribution in [0.1, 0.15) is 52.6 Å². The van der Waals surface area contributed by atoms with E-state index in [0.29, 0.717) is 13.2 Å². The van der Waals surface area contributed by atoms with Crippen LogP contribution in [0, 0.1) is 0 Å². The smallest absolute Gasteiger partial charge is 0.137 e. The van der Waals surface area contributed by atoms with Crippen molar-refractivity contribution in [1.82, 2.24) is 10.3 Å². The lowest BCUT2D eigenvalue weighted by molar-refractivity contribution is -0.0389. The number of ether oxygens (including phenoxy) is 2. The van der Waals surface area contributed by atoms with Crippen LogP contribution >= 0.6 is 0 Å². The predicted octanol–water partition coefficient (Wildman–Crippen LogP) is 3.34. The van der Waals surface area contributed by atoms with Gasteiger partial charge >= 0.3 is 0 Å². The summed E-state index contributed by atoms with van der Waals surface area (Å²) in [6, 6.07) is 2.14. The van der Waals surface area contributed by atoms with E-state index in [-0.39, 0.29) is 11.6 Å². The zero-order valence-corrected chi connectivity index (χ0v) is 13.4. The van der Waals surface area contributed by atoms with Crippen molar-refractivity contribution in [2.75, 3.05) is 19.8 Å². The molecule has 0 bridgehead atoms. The Morgan fingerprint density at radius 3 is 2.60 bits per heavy atom. The van der Waals surface area contributed by atoms with E-state index < -0.39 is 0 Å². The fourth-order valence-corrected chi connectivity index (χ4v) is 2.32. The maximum absolute atomic E-state index is 5.89. The highest BCUT2D eigenvalue weighted by Gasteiger charge is 2.31. The van der Waals surface area contributed by atoms with Crippen molar-refractivity contribution < 1.29 is 9.47 Å². The Morgan fingerprint density at radius 1 is 1.25 bits per heavy atom. The van der Waals surface area contributed by atoms with Gasteiger partial charge in [0.25, 0.3) is 0 Å². The van der Waals surface area contributed by atoms with Crippen molar-refractivity contribution >= 4 is 0 Å². The zero-order valence-electron chi connectivity index (χ0n) is 13.4. The summed E-state index contributed by atoms with van der Waals surface area (Å²) in [6.07, 6.45) is 4.63. The molecule has 0 spiro atoms. The molecule has 0 amide bonds. The van der Waals surface area contributed by atoms with E-state index in [4.69, 9.17) is 9.47 Å². The monoisotopic (exact) mass is 280 g/mol. The quantitative estimate of drug-likeness (QED) is 0.753. The van der Waals surface area contributed by atoms with E-state index in [1.807, 2.05) is 13.1 Å². The van der Waals surface area contributed by atoms with E-state index in [9.17, 15) is 0 Å². The summed E-state index contributed by atoms with van der Waals surface area (Å²) < 4.78 is 11.6. The van der Waals surface area contributed by atoms with E-state index >= 15 is 0 Å². The van der Waals surface area contributed by atoms with Gasteiger partial charge < -0.3 is 14.8 Å². The summed E-state index contributed by atoms with van der Waals surface area (Å²) in [5, 5.41) is 3.49. The third kappa shape index (κ3) is 4.76. The maximum atomic E-state index is 5.89. The summed E-state index contributed by atoms with van der Waals surface area (Å²) in [5.74, 6) is 0.819. The van der Waals surface area contributed by atoms with Gasteiger partial charge in [0.15, 0.2) is 0 Å². The fraction of sp³-hybridized carbons (Fsp3) is 0.688. The molecule has 0 aromatic carbocycles. The van der Waals surface area contributed by atoms with Crippen molar-refractivity contribution in [3.8, 4) is 5.75 Å². The van der Waals surface area contributed by atoms with Gasteiger partial charge in [-0.25, -0.2) is 0 Å². The van der Waals surface area contributed by atoms with Gasteiger partial charge in [-0.1, -0.05) is 13.8 Å². The minimum absolute atomic E-state index is 0.0881. The summed E-state index contributed by atoms with van der Waals surface area (Å²) in [7, 11) is 0. The van der Waals surface area contributed by atoms with Gasteiger partial charge in [0.05, 0.1) is 24.4 Å². The molecule has 20 heavy (non-hydrogen) atoms. The number of likely N-dealkylation sites (N-methyl/N-ethyl adjacent to an activating group) is 1. The number of pyridine rings is 1. The SMILES string of the molecule is CCCOc1cncc(C(NCC)C(C)(C)OCC)c1. The normalized spacial score (nSPS) is 13.2. The first kappa shape index (κ1) is 16.9. The molecule has 1 aromatic rings. The second kappa shape index (κ2) is 8.22. The minimum Gasteiger partial charge on any atom is -0.492 e. The van der Waals surface area contributed by atoms with Crippen molar-refractivity contribution in [3.63, 3.8) is 0 Å². The van der Waals surface area contributed by atoms with Gasteiger partial charge in [-0.2, -0.15) is 0 Å². The molecule has 0 radical (unpaired) electrons. The molecule has 0 aliphatic rings. The van der Waals surface area contributed by atoms with Crippen molar-refractivity contribution in [3.05, 3.63) is 24.0 Å². The Balaban J connectivity index is 2.96. The van der Waals surface area contributed by atoms with E-state index in [0.717, 1.165) is 24.3 Å². The third-order valence-corrected chi connectivity index (χ3v) is 3.16. The molecule has 4 heteroatoms. The average molecular weight is 280 g/mol. The van der Waals surface area contributed by atoms with Gasteiger partial charge in [0.2, 0.25) is 0 Å². The molecule has 0 fully saturated rings. The zero-order chi connectivity index (χ0) is 15.0. The van der Waals surface area contributed by atoms with Crippen LogP contribution < -0.4 is 10.1 Å². The Bertz CT molecular complexity index is 394. The molecule has 0 saturated heterocycles. The maximum Gasteiger partial charge on any atom is 0.137 e. The minimum atomic E-state index is -0.296. The first-order valence-electron chi connectivity index (χ1n) is 7.50. The van der Waals surface area contributed by atoms with Gasteiger partial charge in [0, 0.05) is 12.8 Å². The highest BCUT2D eigenvalue weighted by atomic mass is 16.5. The third-order valence-electron chi connectivity index (χ3n) is 3.16. The second-order valence-corrected chi connectivity index (χ2v) is 5.33. The van der Waals surface area contributed by atoms with Gasteiger partial charge in [-0.05, 0) is 45.4 Å². The molecule has 1 unspecified atom stereocenters. The van der Waals surface area contributed by atoms with Crippen LogP contribution in [-0.4, -0.2) is 30.3 Å². The molecule has 4 nitrogen and oxygen atoms in total. The Hall–Kier alpha value is -1.13. The van der Waals surface area contributed by atoms with Crippen LogP contribution in [0.3, 0.4) is 0 Å². The van der Waals surface area contributed by atoms with Gasteiger partial charge in [-0.3, -0.25) is 4.98 Å². The van der Waals surface area contributed by atoms with Crippen molar-refractivity contribution in [2.24, 2.45) is 0 Å². The lowest BCUT2D eigenvalue weighted by Gasteiger charge is -2.35. The van der Waals surface area contributed by atoms with Crippen LogP contribution in [-0.2, 0) is 4.74 Å². The number of nitrogens with one attached hydrogen (secondary N) is 1. The number of aromatic nitrogens is 1. The highest BCUT2D eigenvalue weighted by molar-refractivity contribution is 5.27. The van der Waals surface area contributed by atoms with E-state index in [1.54, 1.807) is 6.20 Å². The lowest BCUT2D eigenvalue weighted by Crippen LogP contribution is -2.41. The Kier molecular flexibility index (Phi) is 6.96. The highest BCUT2D eigenvalue weighted by Crippen LogP contribution is 2.30. The molecule has 1 atom stereocenters. The van der Waals surface area contributed by atoms with Crippen LogP contribution in [0.5, 0.6) is 5.75 Å². The molecule has 1 rings (SSSR count). The molecule has 0 aliphatic heterocycles. The summed E-state index contributed by atoms with van der Waals surface area (Å²) >= 11 is 0. The van der Waals surface area contributed by atoms with Crippen LogP contribution in [0.15, 0.2) is 18.5 Å². The van der Waals surface area contributed by atoms with Crippen molar-refractivity contribution in [1.29, 1.82) is 0 Å². The van der Waals surface area contributed by atoms with Crippen LogP contribution in [0.4, 0.5) is 0 Å². The lowest BCUT2D eigenvalue weighted by atomic mass is 9.92. The molecule has 0 aliphatic carbocycles. The first-order valence-corrected chi connectivity index (χ1v) is 7.50. The Morgan fingerprint density at radius 2 is 2.00 bits per heavy atom. The topological polar surface area (TPSA) is 43.4 Å². The molecule has 0 saturated carbocycles. The summed E-state index contributed by atoms with van der Waals surface area (Å²) in [6.45, 7) is 12.7.